The number of carbonyl (C=O) groups excluding carboxylic acids is 2. The van der Waals surface area contributed by atoms with Crippen LogP contribution in [0.3, 0.4) is 0 Å². The van der Waals surface area contributed by atoms with E-state index in [0.717, 1.165) is 12.8 Å². The second kappa shape index (κ2) is 12.4. The van der Waals surface area contributed by atoms with Crippen LogP contribution in [0.4, 0.5) is 10.3 Å². The van der Waals surface area contributed by atoms with Gasteiger partial charge in [0.05, 0.1) is 36.7 Å². The molecule has 2 aromatic carbocycles. The highest BCUT2D eigenvalue weighted by Gasteiger charge is 2.37. The third kappa shape index (κ3) is 5.97. The van der Waals surface area contributed by atoms with E-state index in [-0.39, 0.29) is 23.9 Å². The molecule has 1 aromatic heterocycles. The average Bonchev–Trinajstić information content (AvgIpc) is 3.30. The number of ether oxygens (including phenoxy) is 2. The Bertz CT molecular complexity index is 1450. The molecule has 0 unspecified atom stereocenters. The summed E-state index contributed by atoms with van der Waals surface area (Å²) in [6.45, 7) is 2.48. The van der Waals surface area contributed by atoms with Gasteiger partial charge in [0.1, 0.15) is 6.04 Å². The number of carbonyl (C=O) groups is 2. The summed E-state index contributed by atoms with van der Waals surface area (Å²) in [6.07, 6.45) is 3.21. The van der Waals surface area contributed by atoms with Gasteiger partial charge in [0.2, 0.25) is 11.9 Å². The minimum absolute atomic E-state index is 0.0542. The summed E-state index contributed by atoms with van der Waals surface area (Å²) in [6, 6.07) is 8.21. The number of fused-ring (bicyclic) bond motifs is 1. The fourth-order valence-electron chi connectivity index (χ4n) is 5.12. The van der Waals surface area contributed by atoms with Gasteiger partial charge < -0.3 is 30.1 Å². The van der Waals surface area contributed by atoms with E-state index in [9.17, 15) is 19.1 Å². The third-order valence-corrected chi connectivity index (χ3v) is 7.68. The van der Waals surface area contributed by atoms with Crippen LogP contribution < -0.4 is 15.4 Å². The molecule has 3 aromatic rings. The van der Waals surface area contributed by atoms with Crippen LogP contribution in [0.2, 0.25) is 5.02 Å². The summed E-state index contributed by atoms with van der Waals surface area (Å²) in [7, 11) is 1.36. The third-order valence-electron chi connectivity index (χ3n) is 7.40. The van der Waals surface area contributed by atoms with Crippen molar-refractivity contribution in [2.75, 3.05) is 32.2 Å². The first-order valence-corrected chi connectivity index (χ1v) is 13.7. The van der Waals surface area contributed by atoms with Crippen molar-refractivity contribution in [3.63, 3.8) is 0 Å². The Hall–Kier alpha value is -3.80. The molecule has 0 spiro atoms. The van der Waals surface area contributed by atoms with Crippen molar-refractivity contribution < 1.29 is 28.6 Å². The van der Waals surface area contributed by atoms with Crippen LogP contribution in [-0.2, 0) is 16.1 Å². The lowest BCUT2D eigenvalue weighted by Gasteiger charge is -2.27. The molecule has 10 nitrogen and oxygen atoms in total. The van der Waals surface area contributed by atoms with Gasteiger partial charge >= 0.3 is 0 Å². The molecular weight excluding hydrogens is 553 g/mol. The summed E-state index contributed by atoms with van der Waals surface area (Å²) in [5.41, 5.74) is 2.39. The Morgan fingerprint density at radius 3 is 2.80 bits per heavy atom. The zero-order valence-corrected chi connectivity index (χ0v) is 23.4. The Kier molecular flexibility index (Phi) is 8.67. The van der Waals surface area contributed by atoms with Gasteiger partial charge in [0, 0.05) is 42.5 Å². The fourth-order valence-corrected chi connectivity index (χ4v) is 5.32. The van der Waals surface area contributed by atoms with Crippen molar-refractivity contribution in [1.82, 2.24) is 20.2 Å². The van der Waals surface area contributed by atoms with E-state index in [1.165, 1.54) is 30.3 Å². The predicted octanol–water partition coefficient (Wildman–Crippen LogP) is 3.73. The van der Waals surface area contributed by atoms with Crippen molar-refractivity contribution in [2.24, 2.45) is 0 Å². The number of hydrogen-bond donors (Lipinski definition) is 3. The molecule has 3 N–H and O–H groups in total. The molecular formula is C29H31ClFN5O5. The molecule has 5 rings (SSSR count). The number of amides is 2. The number of aliphatic hydroxyl groups is 1. The Morgan fingerprint density at radius 1 is 1.29 bits per heavy atom. The van der Waals surface area contributed by atoms with Crippen LogP contribution in [0.15, 0.2) is 42.6 Å². The normalized spacial score (nSPS) is 16.7. The van der Waals surface area contributed by atoms with Crippen LogP contribution >= 0.6 is 11.6 Å². The molecule has 2 amide bonds. The Balaban J connectivity index is 1.32. The number of halogens is 2. The number of aromatic nitrogens is 2. The van der Waals surface area contributed by atoms with Crippen molar-refractivity contribution in [2.45, 2.75) is 44.4 Å². The maximum absolute atomic E-state index is 14.7. The van der Waals surface area contributed by atoms with Crippen LogP contribution in [0.5, 0.6) is 5.75 Å². The Labute approximate surface area is 241 Å². The van der Waals surface area contributed by atoms with Gasteiger partial charge in [-0.3, -0.25) is 9.59 Å². The molecule has 2 atom stereocenters. The molecule has 0 bridgehead atoms. The quantitative estimate of drug-likeness (QED) is 0.348. The maximum atomic E-state index is 14.7. The smallest absolute Gasteiger partial charge is 0.255 e. The van der Waals surface area contributed by atoms with E-state index < -0.39 is 36.3 Å². The first kappa shape index (κ1) is 28.7. The average molecular weight is 584 g/mol. The fraction of sp³-hybridized carbons (Fsp3) is 0.379. The second-order valence-corrected chi connectivity index (χ2v) is 10.4. The molecule has 1 saturated heterocycles. The highest BCUT2D eigenvalue weighted by atomic mass is 35.5. The number of rotatable bonds is 9. The van der Waals surface area contributed by atoms with Crippen LogP contribution in [0.25, 0.3) is 11.3 Å². The van der Waals surface area contributed by atoms with E-state index >= 15 is 0 Å². The number of anilines is 1. The second-order valence-electron chi connectivity index (χ2n) is 10.0. The standard InChI is InChI=1S/C29H31ClFN5O5/c1-16(20-4-3-5-24(40-2)25(20)31)33-27(38)23(15-37)36-14-18-7-6-17(12-21(18)28(36)39)26-22(30)13-32-29(35-26)34-19-8-10-41-11-9-19/h3-7,12-13,16,19,23,37H,8-11,14-15H2,1-2H3,(H,33,38)(H,32,34,35)/t16-,23-/m1/s1. The van der Waals surface area contributed by atoms with Crippen LogP contribution in [0.1, 0.15) is 47.3 Å². The predicted molar refractivity (Wildman–Crippen MR) is 150 cm³/mol. The minimum Gasteiger partial charge on any atom is -0.494 e. The first-order valence-electron chi connectivity index (χ1n) is 13.4. The summed E-state index contributed by atoms with van der Waals surface area (Å²) >= 11 is 6.44. The van der Waals surface area contributed by atoms with Gasteiger partial charge in [-0.15, -0.1) is 0 Å². The van der Waals surface area contributed by atoms with Crippen LogP contribution in [-0.4, -0.2) is 70.8 Å². The minimum atomic E-state index is -1.17. The molecule has 216 valence electrons. The lowest BCUT2D eigenvalue weighted by molar-refractivity contribution is -0.127. The lowest BCUT2D eigenvalue weighted by Crippen LogP contribution is -2.49. The molecule has 41 heavy (non-hydrogen) atoms. The van der Waals surface area contributed by atoms with E-state index in [1.807, 2.05) is 6.07 Å². The highest BCUT2D eigenvalue weighted by Crippen LogP contribution is 2.33. The van der Waals surface area contributed by atoms with Gasteiger partial charge in [-0.1, -0.05) is 35.9 Å². The first-order chi connectivity index (χ1) is 19.8. The Morgan fingerprint density at radius 2 is 2.07 bits per heavy atom. The lowest BCUT2D eigenvalue weighted by atomic mass is 10.0. The van der Waals surface area contributed by atoms with Gasteiger partial charge in [-0.05, 0) is 37.5 Å². The number of methoxy groups -OCH3 is 1. The zero-order valence-electron chi connectivity index (χ0n) is 22.7. The summed E-state index contributed by atoms with van der Waals surface area (Å²) in [4.78, 5) is 36.8. The monoisotopic (exact) mass is 583 g/mol. The number of benzene rings is 2. The van der Waals surface area contributed by atoms with E-state index in [1.54, 1.807) is 25.1 Å². The molecule has 3 heterocycles. The molecule has 12 heteroatoms. The van der Waals surface area contributed by atoms with Gasteiger partial charge in [0.15, 0.2) is 11.6 Å². The van der Waals surface area contributed by atoms with Crippen molar-refractivity contribution >= 4 is 29.4 Å². The van der Waals surface area contributed by atoms with E-state index in [4.69, 9.17) is 21.1 Å². The highest BCUT2D eigenvalue weighted by molar-refractivity contribution is 6.33. The van der Waals surface area contributed by atoms with Gasteiger partial charge in [0.25, 0.3) is 5.91 Å². The topological polar surface area (TPSA) is 126 Å². The van der Waals surface area contributed by atoms with Gasteiger partial charge in [-0.25, -0.2) is 14.4 Å². The van der Waals surface area contributed by atoms with E-state index in [0.29, 0.717) is 46.6 Å². The number of aliphatic hydroxyl groups excluding tert-OH is 1. The molecule has 1 fully saturated rings. The summed E-state index contributed by atoms with van der Waals surface area (Å²) < 4.78 is 25.2. The zero-order chi connectivity index (χ0) is 29.1. The van der Waals surface area contributed by atoms with Gasteiger partial charge in [-0.2, -0.15) is 0 Å². The molecule has 0 saturated carbocycles. The number of nitrogens with one attached hydrogen (secondary N) is 2. The van der Waals surface area contributed by atoms with Crippen LogP contribution in [0, 0.1) is 5.82 Å². The molecule has 2 aliphatic rings. The number of hydrogen-bond acceptors (Lipinski definition) is 8. The summed E-state index contributed by atoms with van der Waals surface area (Å²) in [5.74, 6) is -1.12. The van der Waals surface area contributed by atoms with Crippen molar-refractivity contribution in [3.8, 4) is 17.0 Å². The molecule has 0 aliphatic carbocycles. The summed E-state index contributed by atoms with van der Waals surface area (Å²) in [5, 5.41) is 16.5. The van der Waals surface area contributed by atoms with Crippen molar-refractivity contribution in [3.05, 3.63) is 70.1 Å². The van der Waals surface area contributed by atoms with Crippen molar-refractivity contribution in [1.29, 1.82) is 0 Å². The number of nitrogens with zero attached hydrogens (tertiary/aromatic N) is 3. The molecule has 0 radical (unpaired) electrons. The van der Waals surface area contributed by atoms with E-state index in [2.05, 4.69) is 20.6 Å². The maximum Gasteiger partial charge on any atom is 0.255 e. The SMILES string of the molecule is COc1cccc([C@@H](C)NC(=O)[C@@H](CO)N2Cc3ccc(-c4nc(NC5CCOCC5)ncc4Cl)cc3C2=O)c1F. The largest absolute Gasteiger partial charge is 0.494 e. The molecule has 2 aliphatic heterocycles.